The van der Waals surface area contributed by atoms with Gasteiger partial charge < -0.3 is 20.1 Å². The minimum absolute atomic E-state index is 0.0420. The molecule has 0 fully saturated rings. The zero-order valence-electron chi connectivity index (χ0n) is 16.7. The second-order valence-electron chi connectivity index (χ2n) is 6.39. The molecule has 0 aliphatic heterocycles. The van der Waals surface area contributed by atoms with Gasteiger partial charge in [0.1, 0.15) is 17.6 Å². The molecule has 0 aliphatic carbocycles. The summed E-state index contributed by atoms with van der Waals surface area (Å²) in [5.41, 5.74) is 1.18. The Bertz CT molecular complexity index is 714. The molecule has 2 aromatic rings. The summed E-state index contributed by atoms with van der Waals surface area (Å²) in [5.74, 6) is 2.37. The molecule has 27 heavy (non-hydrogen) atoms. The number of ether oxygens (including phenoxy) is 2. The average Bonchev–Trinajstić information content (AvgIpc) is 3.08. The summed E-state index contributed by atoms with van der Waals surface area (Å²) in [6.45, 7) is 9.20. The number of rotatable bonds is 10. The van der Waals surface area contributed by atoms with Crippen molar-refractivity contribution < 1.29 is 9.47 Å². The van der Waals surface area contributed by atoms with Crippen LogP contribution in [0.1, 0.15) is 25.8 Å². The van der Waals surface area contributed by atoms with E-state index >= 15 is 0 Å². The van der Waals surface area contributed by atoms with Gasteiger partial charge >= 0.3 is 0 Å². The molecule has 0 bridgehead atoms. The van der Waals surface area contributed by atoms with E-state index in [4.69, 9.17) is 9.47 Å². The molecular weight excluding hydrogens is 342 g/mol. The van der Waals surface area contributed by atoms with E-state index in [-0.39, 0.29) is 6.10 Å². The van der Waals surface area contributed by atoms with Crippen LogP contribution in [0.4, 0.5) is 0 Å². The Morgan fingerprint density at radius 2 is 2.11 bits per heavy atom. The number of nitrogens with zero attached hydrogens (tertiary/aromatic N) is 3. The highest BCUT2D eigenvalue weighted by Gasteiger charge is 2.06. The maximum atomic E-state index is 5.92. The Kier molecular flexibility index (Phi) is 8.48. The number of aromatic nitrogens is 2. The van der Waals surface area contributed by atoms with Gasteiger partial charge in [0.25, 0.3) is 0 Å². The Morgan fingerprint density at radius 3 is 2.81 bits per heavy atom. The molecule has 2 rings (SSSR count). The Labute approximate surface area is 161 Å². The molecular formula is C20H31N5O2. The number of aryl methyl sites for hydroxylation is 2. The monoisotopic (exact) mass is 373 g/mol. The third-order valence-electron chi connectivity index (χ3n) is 3.85. The summed E-state index contributed by atoms with van der Waals surface area (Å²) in [5, 5.41) is 10.9. The fourth-order valence-corrected chi connectivity index (χ4v) is 2.54. The lowest BCUT2D eigenvalue weighted by Crippen LogP contribution is -2.38. The molecule has 2 N–H and O–H groups in total. The van der Waals surface area contributed by atoms with E-state index in [0.29, 0.717) is 6.54 Å². The van der Waals surface area contributed by atoms with Crippen LogP contribution in [0.5, 0.6) is 11.5 Å². The summed E-state index contributed by atoms with van der Waals surface area (Å²) < 4.78 is 13.1. The van der Waals surface area contributed by atoms with Gasteiger partial charge in [-0.1, -0.05) is 6.07 Å². The zero-order valence-corrected chi connectivity index (χ0v) is 16.7. The molecule has 1 atom stereocenters. The van der Waals surface area contributed by atoms with E-state index in [0.717, 1.165) is 43.5 Å². The predicted molar refractivity (Wildman–Crippen MR) is 109 cm³/mol. The first-order chi connectivity index (χ1) is 13.1. The lowest BCUT2D eigenvalue weighted by Gasteiger charge is -2.15. The normalized spacial score (nSPS) is 12.5. The van der Waals surface area contributed by atoms with E-state index in [1.54, 1.807) is 7.11 Å². The van der Waals surface area contributed by atoms with Crippen LogP contribution < -0.4 is 20.1 Å². The minimum atomic E-state index is -0.0420. The quantitative estimate of drug-likeness (QED) is 0.380. The van der Waals surface area contributed by atoms with Crippen LogP contribution in [0, 0.1) is 6.92 Å². The summed E-state index contributed by atoms with van der Waals surface area (Å²) in [6.07, 6.45) is 4.86. The van der Waals surface area contributed by atoms with Crippen molar-refractivity contribution in [3.63, 3.8) is 0 Å². The molecule has 0 aliphatic rings. The number of aliphatic imine (C=N–C) groups is 1. The van der Waals surface area contributed by atoms with Gasteiger partial charge in [-0.3, -0.25) is 4.68 Å². The van der Waals surface area contributed by atoms with E-state index < -0.39 is 0 Å². The lowest BCUT2D eigenvalue weighted by molar-refractivity contribution is 0.229. The lowest BCUT2D eigenvalue weighted by atomic mass is 10.3. The number of nitrogens with one attached hydrogen (secondary N) is 2. The van der Waals surface area contributed by atoms with Crippen molar-refractivity contribution in [2.45, 2.75) is 39.8 Å². The first-order valence-electron chi connectivity index (χ1n) is 9.42. The van der Waals surface area contributed by atoms with Crippen molar-refractivity contribution in [2.24, 2.45) is 4.99 Å². The maximum absolute atomic E-state index is 5.92. The van der Waals surface area contributed by atoms with Crippen molar-refractivity contribution in [2.75, 3.05) is 26.7 Å². The summed E-state index contributed by atoms with van der Waals surface area (Å²) in [7, 11) is 1.65. The molecule has 0 radical (unpaired) electrons. The molecule has 1 aromatic carbocycles. The van der Waals surface area contributed by atoms with Gasteiger partial charge in [-0.15, -0.1) is 0 Å². The number of guanidine groups is 1. The third kappa shape index (κ3) is 7.60. The predicted octanol–water partition coefficient (Wildman–Crippen LogP) is 2.61. The van der Waals surface area contributed by atoms with Crippen LogP contribution in [0.15, 0.2) is 41.7 Å². The molecule has 0 saturated carbocycles. The van der Waals surface area contributed by atoms with Gasteiger partial charge in [0.15, 0.2) is 5.96 Å². The molecule has 1 unspecified atom stereocenters. The van der Waals surface area contributed by atoms with Gasteiger partial charge in [-0.25, -0.2) is 4.99 Å². The fourth-order valence-electron chi connectivity index (χ4n) is 2.54. The summed E-state index contributed by atoms with van der Waals surface area (Å²) in [6, 6.07) is 7.61. The molecule has 7 nitrogen and oxygen atoms in total. The van der Waals surface area contributed by atoms with Gasteiger partial charge in [0.2, 0.25) is 0 Å². The van der Waals surface area contributed by atoms with Gasteiger partial charge in [-0.05, 0) is 44.9 Å². The highest BCUT2D eigenvalue weighted by atomic mass is 16.5. The van der Waals surface area contributed by atoms with Crippen LogP contribution in [0.25, 0.3) is 0 Å². The average molecular weight is 374 g/mol. The Morgan fingerprint density at radius 1 is 1.30 bits per heavy atom. The molecule has 148 valence electrons. The van der Waals surface area contributed by atoms with Crippen molar-refractivity contribution in [1.29, 1.82) is 0 Å². The zero-order chi connectivity index (χ0) is 19.5. The number of benzene rings is 1. The Balaban J connectivity index is 1.77. The second-order valence-corrected chi connectivity index (χ2v) is 6.39. The molecule has 1 aromatic heterocycles. The summed E-state index contributed by atoms with van der Waals surface area (Å²) in [4.78, 5) is 4.62. The van der Waals surface area contributed by atoms with Crippen LogP contribution in [0.3, 0.4) is 0 Å². The standard InChI is InChI=1S/C20H31N5O2/c1-5-21-20(22-10-7-11-25-15-16(2)13-24-25)23-14-17(3)27-19-9-6-8-18(12-19)26-4/h6,8-9,12-13,15,17H,5,7,10-11,14H2,1-4H3,(H2,21,22,23). The van der Waals surface area contributed by atoms with Crippen LogP contribution in [0.2, 0.25) is 0 Å². The smallest absolute Gasteiger partial charge is 0.191 e. The van der Waals surface area contributed by atoms with E-state index in [9.17, 15) is 0 Å². The molecule has 0 saturated heterocycles. The van der Waals surface area contributed by atoms with E-state index in [1.165, 1.54) is 5.56 Å². The van der Waals surface area contributed by atoms with Crippen molar-refractivity contribution >= 4 is 5.96 Å². The molecule has 0 spiro atoms. The van der Waals surface area contributed by atoms with Crippen molar-refractivity contribution in [3.8, 4) is 11.5 Å². The molecule has 1 heterocycles. The van der Waals surface area contributed by atoms with E-state index in [1.807, 2.05) is 49.0 Å². The van der Waals surface area contributed by atoms with Crippen molar-refractivity contribution in [3.05, 3.63) is 42.2 Å². The largest absolute Gasteiger partial charge is 0.497 e. The molecule has 0 amide bonds. The van der Waals surface area contributed by atoms with Crippen LogP contribution in [-0.4, -0.2) is 48.6 Å². The fraction of sp³-hybridized carbons (Fsp3) is 0.500. The molecule has 7 heteroatoms. The number of hydrogen-bond donors (Lipinski definition) is 2. The Hall–Kier alpha value is -2.70. The van der Waals surface area contributed by atoms with Crippen LogP contribution in [-0.2, 0) is 6.54 Å². The van der Waals surface area contributed by atoms with Gasteiger partial charge in [0, 0.05) is 31.9 Å². The highest BCUT2D eigenvalue weighted by molar-refractivity contribution is 5.79. The van der Waals surface area contributed by atoms with Crippen molar-refractivity contribution in [1.82, 2.24) is 20.4 Å². The second kappa shape index (κ2) is 11.1. The minimum Gasteiger partial charge on any atom is -0.497 e. The van der Waals surface area contributed by atoms with E-state index in [2.05, 4.69) is 33.8 Å². The summed E-state index contributed by atoms with van der Waals surface area (Å²) >= 11 is 0. The van der Waals surface area contributed by atoms with Gasteiger partial charge in [0.05, 0.1) is 19.9 Å². The maximum Gasteiger partial charge on any atom is 0.191 e. The SMILES string of the molecule is CCNC(=NCC(C)Oc1cccc(OC)c1)NCCCn1cc(C)cn1. The number of methoxy groups -OCH3 is 1. The topological polar surface area (TPSA) is 72.7 Å². The third-order valence-corrected chi connectivity index (χ3v) is 3.85. The highest BCUT2D eigenvalue weighted by Crippen LogP contribution is 2.19. The number of hydrogen-bond acceptors (Lipinski definition) is 4. The van der Waals surface area contributed by atoms with Gasteiger partial charge in [-0.2, -0.15) is 5.10 Å². The first-order valence-corrected chi connectivity index (χ1v) is 9.42. The first kappa shape index (κ1) is 20.6. The van der Waals surface area contributed by atoms with Crippen LogP contribution >= 0.6 is 0 Å².